The molecule has 1 fully saturated rings. The zero-order valence-corrected chi connectivity index (χ0v) is 23.9. The van der Waals surface area contributed by atoms with Gasteiger partial charge in [0.05, 0.1) is 6.54 Å². The van der Waals surface area contributed by atoms with Crippen LogP contribution in [0.25, 0.3) is 10.8 Å². The predicted molar refractivity (Wildman–Crippen MR) is 161 cm³/mol. The molecule has 2 unspecified atom stereocenters. The zero-order valence-electron chi connectivity index (χ0n) is 23.9. The number of fused-ring (bicyclic) bond motifs is 2. The van der Waals surface area contributed by atoms with Gasteiger partial charge in [0.15, 0.2) is 0 Å². The minimum absolute atomic E-state index is 0.00173. The average molecular weight is 558 g/mol. The fraction of sp³-hybridized carbons (Fsp3) is 0.406. The van der Waals surface area contributed by atoms with Gasteiger partial charge in [-0.2, -0.15) is 0 Å². The van der Waals surface area contributed by atoms with Crippen LogP contribution in [0, 0.1) is 10.6 Å². The van der Waals surface area contributed by atoms with Crippen LogP contribution in [-0.2, 0) is 16.1 Å². The van der Waals surface area contributed by atoms with Gasteiger partial charge in [0, 0.05) is 34.8 Å². The summed E-state index contributed by atoms with van der Waals surface area (Å²) in [5, 5.41) is 30.7. The minimum Gasteiger partial charge on any atom is -0.627 e. The van der Waals surface area contributed by atoms with Crippen LogP contribution in [0.1, 0.15) is 69.1 Å². The molecular formula is C32H39N5O4. The summed E-state index contributed by atoms with van der Waals surface area (Å²) in [6, 6.07) is 19.0. The second-order valence-corrected chi connectivity index (χ2v) is 12.3. The number of carbonyl (C=O) groups is 2. The van der Waals surface area contributed by atoms with E-state index >= 15 is 0 Å². The lowest BCUT2D eigenvalue weighted by Crippen LogP contribution is -2.47. The van der Waals surface area contributed by atoms with Gasteiger partial charge >= 0.3 is 6.09 Å². The van der Waals surface area contributed by atoms with Gasteiger partial charge in [-0.3, -0.25) is 10.2 Å². The van der Waals surface area contributed by atoms with Crippen molar-refractivity contribution in [3.63, 3.8) is 0 Å². The molecule has 1 saturated carbocycles. The Morgan fingerprint density at radius 1 is 1.00 bits per heavy atom. The van der Waals surface area contributed by atoms with Crippen molar-refractivity contribution in [2.45, 2.75) is 76.6 Å². The molecule has 0 aromatic heterocycles. The Bertz CT molecular complexity index is 1470. The number of hydrogen-bond donors (Lipinski definition) is 4. The Morgan fingerprint density at radius 2 is 1.66 bits per heavy atom. The van der Waals surface area contributed by atoms with E-state index in [-0.39, 0.29) is 36.9 Å². The lowest BCUT2D eigenvalue weighted by molar-refractivity contribution is -0.123. The summed E-state index contributed by atoms with van der Waals surface area (Å²) in [6.07, 6.45) is 2.49. The van der Waals surface area contributed by atoms with E-state index in [0.29, 0.717) is 16.8 Å². The highest BCUT2D eigenvalue weighted by atomic mass is 16.6. The molecule has 5 rings (SSSR count). The van der Waals surface area contributed by atoms with Gasteiger partial charge in [-0.05, 0) is 57.2 Å². The molecule has 9 heteroatoms. The number of ether oxygens (including phenoxy) is 1. The van der Waals surface area contributed by atoms with E-state index in [4.69, 9.17) is 15.9 Å². The molecule has 5 N–H and O–H groups in total. The normalized spacial score (nSPS) is 24.0. The van der Waals surface area contributed by atoms with Crippen LogP contribution in [0.15, 0.2) is 60.7 Å². The topological polar surface area (TPSA) is 140 Å². The molecule has 2 amide bonds. The lowest BCUT2D eigenvalue weighted by Gasteiger charge is -2.39. The molecule has 1 aliphatic carbocycles. The molecule has 2 aliphatic rings. The zero-order chi connectivity index (χ0) is 29.4. The van der Waals surface area contributed by atoms with Crippen molar-refractivity contribution in [1.29, 1.82) is 5.41 Å². The Labute approximate surface area is 240 Å². The maximum atomic E-state index is 14.6. The maximum Gasteiger partial charge on any atom is 0.407 e. The van der Waals surface area contributed by atoms with Crippen molar-refractivity contribution in [3.05, 3.63) is 82.6 Å². The number of amides is 2. The Kier molecular flexibility index (Phi) is 7.76. The number of carbonyl (C=O) groups excluding carboxylic acids is 2. The van der Waals surface area contributed by atoms with Crippen molar-refractivity contribution in [2.24, 2.45) is 5.73 Å². The third-order valence-corrected chi connectivity index (χ3v) is 8.05. The van der Waals surface area contributed by atoms with E-state index in [2.05, 4.69) is 10.6 Å². The second-order valence-electron chi connectivity index (χ2n) is 12.3. The number of amidine groups is 1. The molecule has 0 saturated heterocycles. The van der Waals surface area contributed by atoms with E-state index in [1.807, 2.05) is 63.2 Å². The van der Waals surface area contributed by atoms with Gasteiger partial charge in [0.2, 0.25) is 5.91 Å². The van der Waals surface area contributed by atoms with Crippen molar-refractivity contribution < 1.29 is 14.3 Å². The van der Waals surface area contributed by atoms with Crippen LogP contribution >= 0.6 is 0 Å². The molecule has 216 valence electrons. The molecule has 3 aromatic rings. The number of quaternary nitrogens is 1. The van der Waals surface area contributed by atoms with Crippen LogP contribution in [-0.4, -0.2) is 42.1 Å². The Balaban J connectivity index is 1.31. The maximum absolute atomic E-state index is 14.6. The van der Waals surface area contributed by atoms with Crippen molar-refractivity contribution in [2.75, 3.05) is 6.54 Å². The first-order valence-corrected chi connectivity index (χ1v) is 14.3. The minimum atomic E-state index is -0.699. The fourth-order valence-corrected chi connectivity index (χ4v) is 6.09. The number of alkyl carbamates (subject to hydrolysis) is 1. The largest absolute Gasteiger partial charge is 0.627 e. The summed E-state index contributed by atoms with van der Waals surface area (Å²) in [4.78, 5) is 25.8. The van der Waals surface area contributed by atoms with E-state index in [9.17, 15) is 14.8 Å². The number of hydroxylamine groups is 2. The molecular weight excluding hydrogens is 518 g/mol. The smallest absolute Gasteiger partial charge is 0.407 e. The Morgan fingerprint density at radius 3 is 2.34 bits per heavy atom. The standard InChI is InChI=1S/C32H39N5O4/c1-32(2,3)41-31(39)36-24-14-12-23(13-15-24)35-30(38)27-19-37(40,28-17-21(29(33)34)11-16-26(27)28)18-22-9-6-8-20-7-4-5-10-25(20)22/h4-11,16-17,23-24,27H,12-15,18-19H2,1-3H3,(H3,33,34)(H,35,38)(H,36,39). The fourth-order valence-electron chi connectivity index (χ4n) is 6.09. The van der Waals surface area contributed by atoms with Gasteiger partial charge in [-0.15, -0.1) is 0 Å². The van der Waals surface area contributed by atoms with Gasteiger partial charge in [0.1, 0.15) is 29.6 Å². The number of rotatable bonds is 6. The van der Waals surface area contributed by atoms with E-state index in [0.717, 1.165) is 42.0 Å². The van der Waals surface area contributed by atoms with Crippen LogP contribution < -0.4 is 21.0 Å². The highest BCUT2D eigenvalue weighted by molar-refractivity contribution is 5.97. The average Bonchev–Trinajstić information content (AvgIpc) is 3.21. The third kappa shape index (κ3) is 6.36. The summed E-state index contributed by atoms with van der Waals surface area (Å²) in [7, 11) is 0. The highest BCUT2D eigenvalue weighted by Gasteiger charge is 2.43. The van der Waals surface area contributed by atoms with E-state index in [1.54, 1.807) is 18.2 Å². The van der Waals surface area contributed by atoms with Crippen molar-refractivity contribution >= 4 is 34.3 Å². The molecule has 41 heavy (non-hydrogen) atoms. The number of nitrogen functional groups attached to an aromatic ring is 1. The Hall–Kier alpha value is -3.95. The quantitative estimate of drug-likeness (QED) is 0.143. The monoisotopic (exact) mass is 557 g/mol. The van der Waals surface area contributed by atoms with E-state index in [1.165, 1.54) is 0 Å². The summed E-state index contributed by atoms with van der Waals surface area (Å²) in [5.74, 6) is -0.899. The summed E-state index contributed by atoms with van der Waals surface area (Å²) < 4.78 is 4.67. The molecule has 2 atom stereocenters. The predicted octanol–water partition coefficient (Wildman–Crippen LogP) is 5.18. The summed E-state index contributed by atoms with van der Waals surface area (Å²) in [6.45, 7) is 5.73. The molecule has 1 heterocycles. The molecule has 9 nitrogen and oxygen atoms in total. The van der Waals surface area contributed by atoms with Crippen LogP contribution in [0.2, 0.25) is 0 Å². The van der Waals surface area contributed by atoms with Gasteiger partial charge in [-0.25, -0.2) is 4.79 Å². The van der Waals surface area contributed by atoms with Crippen molar-refractivity contribution in [1.82, 2.24) is 15.3 Å². The first kappa shape index (κ1) is 28.6. The lowest BCUT2D eigenvalue weighted by atomic mass is 9.90. The van der Waals surface area contributed by atoms with E-state index < -0.39 is 22.3 Å². The van der Waals surface area contributed by atoms with Crippen LogP contribution in [0.5, 0.6) is 0 Å². The first-order chi connectivity index (χ1) is 19.4. The van der Waals surface area contributed by atoms with Crippen LogP contribution in [0.4, 0.5) is 10.5 Å². The number of hydrogen-bond acceptors (Lipinski definition) is 5. The molecule has 3 aromatic carbocycles. The summed E-state index contributed by atoms with van der Waals surface area (Å²) >= 11 is 0. The number of nitrogens with zero attached hydrogens (tertiary/aromatic N) is 1. The summed E-state index contributed by atoms with van der Waals surface area (Å²) in [5.41, 5.74) is 7.77. The first-order valence-electron chi connectivity index (χ1n) is 14.3. The van der Waals surface area contributed by atoms with Crippen LogP contribution in [0.3, 0.4) is 0 Å². The number of nitrogens with two attached hydrogens (primary N) is 1. The second kappa shape index (κ2) is 11.1. The van der Waals surface area contributed by atoms with Crippen molar-refractivity contribution in [3.8, 4) is 0 Å². The van der Waals surface area contributed by atoms with Gasteiger partial charge < -0.3 is 31.0 Å². The molecule has 0 bridgehead atoms. The molecule has 0 radical (unpaired) electrons. The van der Waals surface area contributed by atoms with Gasteiger partial charge in [-0.1, -0.05) is 54.6 Å². The molecule has 0 spiro atoms. The number of benzene rings is 3. The highest BCUT2D eigenvalue weighted by Crippen LogP contribution is 2.44. The molecule has 1 aliphatic heterocycles. The number of nitrogens with one attached hydrogen (secondary N) is 3. The van der Waals surface area contributed by atoms with Gasteiger partial charge in [0.25, 0.3) is 0 Å². The third-order valence-electron chi connectivity index (χ3n) is 8.05. The SMILES string of the molecule is CC(C)(C)OC(=O)NC1CCC(NC(=O)C2C[N+]([O-])(Cc3cccc4ccccc34)c3cc(C(=N)N)ccc32)CC1.